The van der Waals surface area contributed by atoms with Crippen LogP contribution < -0.4 is 11.1 Å². The number of ether oxygens (including phenoxy) is 1. The first-order chi connectivity index (χ1) is 22.9. The molecule has 3 aromatic carbocycles. The van der Waals surface area contributed by atoms with Gasteiger partial charge in [-0.05, 0) is 85.9 Å². The number of carbonyl (C=O) groups is 3. The van der Waals surface area contributed by atoms with E-state index in [9.17, 15) is 14.4 Å². The van der Waals surface area contributed by atoms with Crippen molar-refractivity contribution in [2.45, 2.75) is 44.8 Å². The molecule has 9 heteroatoms. The lowest BCUT2D eigenvalue weighted by Gasteiger charge is -2.32. The number of primary amides is 1. The fourth-order valence-corrected chi connectivity index (χ4v) is 8.17. The van der Waals surface area contributed by atoms with Crippen LogP contribution in [0.2, 0.25) is 0 Å². The molecule has 1 aliphatic carbocycles. The second-order valence-corrected chi connectivity index (χ2v) is 13.8. The van der Waals surface area contributed by atoms with Crippen LogP contribution in [0.3, 0.4) is 0 Å². The third-order valence-corrected chi connectivity index (χ3v) is 10.7. The molecule has 0 radical (unpaired) electrons. The molecule has 7 rings (SSSR count). The van der Waals surface area contributed by atoms with Crippen LogP contribution in [0.15, 0.2) is 72.8 Å². The number of fused-ring (bicyclic) bond motifs is 2. The van der Waals surface area contributed by atoms with Gasteiger partial charge in [0.2, 0.25) is 5.91 Å². The predicted octanol–water partition coefficient (Wildman–Crippen LogP) is 5.01. The normalized spacial score (nSPS) is 23.4. The van der Waals surface area contributed by atoms with Gasteiger partial charge in [-0.3, -0.25) is 19.8 Å². The molecule has 0 spiro atoms. The number of para-hydroxylation sites is 1. The molecule has 3 fully saturated rings. The molecule has 3 aromatic rings. The van der Waals surface area contributed by atoms with Gasteiger partial charge in [0, 0.05) is 56.3 Å². The highest BCUT2D eigenvalue weighted by Crippen LogP contribution is 2.40. The number of anilines is 1. The SMILES string of the molecule is NC(=O)C1CCN(Cc2ccc3c(c2)CCN(CCN2C[C@H]4CC(OC(=O)Nc5ccccc5-c5ccccc5)C[C@H]4C2)C3=O)CC1. The summed E-state index contributed by atoms with van der Waals surface area (Å²) in [5.74, 6) is 0.978. The van der Waals surface area contributed by atoms with Crippen LogP contribution >= 0.6 is 0 Å². The average Bonchev–Trinajstić information content (AvgIpc) is 3.63. The summed E-state index contributed by atoms with van der Waals surface area (Å²) in [6.45, 7) is 6.92. The average molecular weight is 636 g/mol. The van der Waals surface area contributed by atoms with E-state index >= 15 is 0 Å². The van der Waals surface area contributed by atoms with Gasteiger partial charge in [-0.15, -0.1) is 0 Å². The summed E-state index contributed by atoms with van der Waals surface area (Å²) in [4.78, 5) is 44.6. The number of nitrogens with zero attached hydrogens (tertiary/aromatic N) is 3. The number of rotatable bonds is 9. The predicted molar refractivity (Wildman–Crippen MR) is 182 cm³/mol. The highest BCUT2D eigenvalue weighted by molar-refractivity contribution is 5.97. The largest absolute Gasteiger partial charge is 0.446 e. The van der Waals surface area contributed by atoms with Crippen LogP contribution in [0.5, 0.6) is 0 Å². The zero-order valence-electron chi connectivity index (χ0n) is 27.0. The maximum absolute atomic E-state index is 13.4. The van der Waals surface area contributed by atoms with Crippen molar-refractivity contribution in [1.29, 1.82) is 0 Å². The fraction of sp³-hybridized carbons (Fsp3) is 0.447. The summed E-state index contributed by atoms with van der Waals surface area (Å²) in [5.41, 5.74) is 11.5. The van der Waals surface area contributed by atoms with E-state index < -0.39 is 6.09 Å². The van der Waals surface area contributed by atoms with Gasteiger partial charge >= 0.3 is 6.09 Å². The molecule has 9 nitrogen and oxygen atoms in total. The van der Waals surface area contributed by atoms with Crippen LogP contribution in [-0.4, -0.2) is 84.5 Å². The molecule has 3 aliphatic heterocycles. The summed E-state index contributed by atoms with van der Waals surface area (Å²) in [6, 6.07) is 24.1. The number of likely N-dealkylation sites (tertiary alicyclic amines) is 2. The topological polar surface area (TPSA) is 108 Å². The van der Waals surface area contributed by atoms with E-state index in [0.717, 1.165) is 112 Å². The summed E-state index contributed by atoms with van der Waals surface area (Å²) < 4.78 is 5.90. The first-order valence-corrected chi connectivity index (χ1v) is 17.2. The van der Waals surface area contributed by atoms with E-state index in [0.29, 0.717) is 11.8 Å². The molecule has 3 amide bonds. The molecule has 0 bridgehead atoms. The molecular weight excluding hydrogens is 590 g/mol. The van der Waals surface area contributed by atoms with Crippen molar-refractivity contribution < 1.29 is 19.1 Å². The van der Waals surface area contributed by atoms with Crippen molar-refractivity contribution in [2.75, 3.05) is 51.1 Å². The molecule has 4 aliphatic rings. The first-order valence-electron chi connectivity index (χ1n) is 17.2. The summed E-state index contributed by atoms with van der Waals surface area (Å²) in [7, 11) is 0. The number of hydrogen-bond donors (Lipinski definition) is 2. The molecule has 0 aromatic heterocycles. The Morgan fingerprint density at radius 3 is 2.30 bits per heavy atom. The van der Waals surface area contributed by atoms with Crippen molar-refractivity contribution in [3.8, 4) is 11.1 Å². The van der Waals surface area contributed by atoms with Gasteiger partial charge in [-0.1, -0.05) is 60.7 Å². The van der Waals surface area contributed by atoms with E-state index in [1.165, 1.54) is 5.56 Å². The Morgan fingerprint density at radius 2 is 1.55 bits per heavy atom. The second-order valence-electron chi connectivity index (χ2n) is 13.8. The lowest BCUT2D eigenvalue weighted by atomic mass is 9.94. The van der Waals surface area contributed by atoms with E-state index in [2.05, 4.69) is 27.2 Å². The van der Waals surface area contributed by atoms with Gasteiger partial charge in [0.1, 0.15) is 6.10 Å². The molecule has 3 heterocycles. The van der Waals surface area contributed by atoms with Crippen molar-refractivity contribution in [3.05, 3.63) is 89.5 Å². The van der Waals surface area contributed by atoms with Gasteiger partial charge < -0.3 is 20.3 Å². The minimum Gasteiger partial charge on any atom is -0.446 e. The Balaban J connectivity index is 0.851. The molecule has 1 saturated carbocycles. The van der Waals surface area contributed by atoms with Gasteiger partial charge in [-0.25, -0.2) is 4.79 Å². The van der Waals surface area contributed by atoms with Gasteiger partial charge in [0.25, 0.3) is 5.91 Å². The summed E-state index contributed by atoms with van der Waals surface area (Å²) in [5, 5.41) is 2.98. The molecule has 1 unspecified atom stereocenters. The number of benzene rings is 3. The number of amides is 3. The van der Waals surface area contributed by atoms with Crippen LogP contribution in [0.25, 0.3) is 11.1 Å². The Hall–Kier alpha value is -4.21. The number of nitrogens with one attached hydrogen (secondary N) is 1. The minimum atomic E-state index is -0.393. The number of hydrogen-bond acceptors (Lipinski definition) is 6. The first kappa shape index (κ1) is 31.4. The van der Waals surface area contributed by atoms with Crippen molar-refractivity contribution in [3.63, 3.8) is 0 Å². The maximum atomic E-state index is 13.4. The van der Waals surface area contributed by atoms with E-state index in [1.54, 1.807) is 0 Å². The third kappa shape index (κ3) is 7.21. The van der Waals surface area contributed by atoms with E-state index in [-0.39, 0.29) is 23.8 Å². The zero-order chi connectivity index (χ0) is 32.3. The van der Waals surface area contributed by atoms with Gasteiger partial charge in [0.05, 0.1) is 5.69 Å². The fourth-order valence-electron chi connectivity index (χ4n) is 8.17. The second kappa shape index (κ2) is 13.9. The number of carbonyl (C=O) groups excluding carboxylic acids is 3. The zero-order valence-corrected chi connectivity index (χ0v) is 27.0. The molecule has 246 valence electrons. The monoisotopic (exact) mass is 635 g/mol. The van der Waals surface area contributed by atoms with E-state index in [1.807, 2.05) is 65.6 Å². The van der Waals surface area contributed by atoms with E-state index in [4.69, 9.17) is 10.5 Å². The standard InChI is InChI=1S/C38H45N5O4/c39-36(44)28-12-15-41(16-13-28)23-26-10-11-34-29(20-26)14-17-43(37(34)45)19-18-42-24-30-21-32(22-31(30)25-42)47-38(46)40-35-9-5-4-8-33(35)27-6-2-1-3-7-27/h1-11,20,28,30-32H,12-19,21-25H2,(H2,39,44)(H,40,46)/t30-,31+,32?. The molecular formula is C38H45N5O4. The Kier molecular flexibility index (Phi) is 9.27. The number of nitrogens with two attached hydrogens (primary N) is 1. The molecule has 2 saturated heterocycles. The van der Waals surface area contributed by atoms with Gasteiger partial charge in [0.15, 0.2) is 0 Å². The lowest BCUT2D eigenvalue weighted by Crippen LogP contribution is -2.42. The highest BCUT2D eigenvalue weighted by Gasteiger charge is 2.42. The minimum absolute atomic E-state index is 0.00231. The third-order valence-electron chi connectivity index (χ3n) is 10.7. The number of piperidine rings is 1. The Morgan fingerprint density at radius 1 is 0.830 bits per heavy atom. The van der Waals surface area contributed by atoms with Crippen LogP contribution in [0.1, 0.15) is 47.2 Å². The highest BCUT2D eigenvalue weighted by atomic mass is 16.6. The summed E-state index contributed by atoms with van der Waals surface area (Å²) >= 11 is 0. The van der Waals surface area contributed by atoms with Crippen LogP contribution in [-0.2, 0) is 22.5 Å². The van der Waals surface area contributed by atoms with Crippen LogP contribution in [0.4, 0.5) is 10.5 Å². The smallest absolute Gasteiger partial charge is 0.411 e. The van der Waals surface area contributed by atoms with Gasteiger partial charge in [-0.2, -0.15) is 0 Å². The molecule has 3 atom stereocenters. The van der Waals surface area contributed by atoms with Crippen molar-refractivity contribution in [1.82, 2.24) is 14.7 Å². The Labute approximate surface area is 277 Å². The Bertz CT molecular complexity index is 1590. The maximum Gasteiger partial charge on any atom is 0.411 e. The summed E-state index contributed by atoms with van der Waals surface area (Å²) in [6.07, 6.45) is 3.83. The van der Waals surface area contributed by atoms with Crippen molar-refractivity contribution >= 4 is 23.6 Å². The molecule has 3 N–H and O–H groups in total. The quantitative estimate of drug-likeness (QED) is 0.343. The molecule has 47 heavy (non-hydrogen) atoms. The van der Waals surface area contributed by atoms with Crippen molar-refractivity contribution in [2.24, 2.45) is 23.5 Å². The van der Waals surface area contributed by atoms with Crippen LogP contribution in [0, 0.1) is 17.8 Å². The lowest BCUT2D eigenvalue weighted by molar-refractivity contribution is -0.123.